The van der Waals surface area contributed by atoms with Gasteiger partial charge in [-0.15, -0.1) is 0 Å². The Bertz CT molecular complexity index is 2180. The number of carbonyl (C=O) groups excluding carboxylic acids is 2. The molecule has 1 aliphatic carbocycles. The largest absolute Gasteiger partial charge is 0.462 e. The van der Waals surface area contributed by atoms with Crippen LogP contribution in [0.2, 0.25) is 0 Å². The summed E-state index contributed by atoms with van der Waals surface area (Å²) in [4.78, 5) is 28.5. The molecule has 0 atom stereocenters. The summed E-state index contributed by atoms with van der Waals surface area (Å²) in [6.45, 7) is 15.6. The van der Waals surface area contributed by atoms with Gasteiger partial charge in [0.1, 0.15) is 24.4 Å². The van der Waals surface area contributed by atoms with Crippen molar-refractivity contribution < 1.29 is 27.2 Å². The Hall–Kier alpha value is -5.42. The van der Waals surface area contributed by atoms with Gasteiger partial charge < -0.3 is 19.4 Å². The van der Waals surface area contributed by atoms with E-state index in [0.717, 1.165) is 76.1 Å². The maximum atomic E-state index is 13.6. The Morgan fingerprint density at radius 2 is 1.63 bits per heavy atom. The number of anilines is 2. The number of hydrogen-bond acceptors (Lipinski definition) is 7. The normalized spacial score (nSPS) is 11.3. The molecule has 5 rings (SSSR count). The summed E-state index contributed by atoms with van der Waals surface area (Å²) in [6, 6.07) is 26.0. The third-order valence-corrected chi connectivity index (χ3v) is 9.79. The molecule has 0 fully saturated rings. The van der Waals surface area contributed by atoms with E-state index in [2.05, 4.69) is 90.2 Å². The SMILES string of the molecule is C=CS(=O)(=O)Nc1ccc(C(=O)NCCCOC(=O)c2ccccc2-c2c3ccc(=[N+](CC)CC)cc-3oc3cc(N(CC)CC)ccc23)cc1. The first-order valence-electron chi connectivity index (χ1n) is 17.3. The lowest BCUT2D eigenvalue weighted by atomic mass is 9.90. The fourth-order valence-electron chi connectivity index (χ4n) is 6.12. The zero-order valence-corrected chi connectivity index (χ0v) is 30.4. The van der Waals surface area contributed by atoms with Gasteiger partial charge in [-0.2, -0.15) is 0 Å². The van der Waals surface area contributed by atoms with Crippen LogP contribution in [0.5, 0.6) is 0 Å². The molecule has 1 amide bonds. The van der Waals surface area contributed by atoms with Gasteiger partial charge in [0, 0.05) is 70.6 Å². The zero-order chi connectivity index (χ0) is 36.5. The first kappa shape index (κ1) is 36.9. The monoisotopic (exact) mass is 709 g/mol. The summed E-state index contributed by atoms with van der Waals surface area (Å²) >= 11 is 0. The van der Waals surface area contributed by atoms with Crippen LogP contribution in [0.3, 0.4) is 0 Å². The van der Waals surface area contributed by atoms with Crippen LogP contribution >= 0.6 is 0 Å². The number of fused-ring (bicyclic) bond motifs is 2. The van der Waals surface area contributed by atoms with Gasteiger partial charge in [-0.1, -0.05) is 24.8 Å². The number of benzene rings is 4. The lowest BCUT2D eigenvalue weighted by Gasteiger charge is -2.22. The number of rotatable bonds is 15. The van der Waals surface area contributed by atoms with E-state index >= 15 is 0 Å². The standard InChI is InChI=1S/C40H44N4O6S/c1-6-43(7-2)30-20-22-34-36(26-30)50-37-27-31(44(8-3)9-4)21-23-35(37)38(34)32-14-11-12-15-33(32)40(46)49-25-13-24-41-39(45)28-16-18-29(19-17-28)42-51(47,48)10-5/h10-12,14-23,26-27H,5-9,13,24-25H2,1-4H3,(H-,41,42,45)/p+1. The van der Waals surface area contributed by atoms with Crippen molar-refractivity contribution in [2.24, 2.45) is 0 Å². The second-order valence-corrected chi connectivity index (χ2v) is 13.5. The molecule has 51 heavy (non-hydrogen) atoms. The Morgan fingerprint density at radius 1 is 0.902 bits per heavy atom. The van der Waals surface area contributed by atoms with E-state index in [0.29, 0.717) is 23.2 Å². The average Bonchev–Trinajstić information content (AvgIpc) is 3.14. The highest BCUT2D eigenvalue weighted by Gasteiger charge is 2.23. The van der Waals surface area contributed by atoms with E-state index < -0.39 is 16.0 Å². The summed E-state index contributed by atoms with van der Waals surface area (Å²) in [5, 5.41) is 5.58. The second kappa shape index (κ2) is 16.5. The van der Waals surface area contributed by atoms with Crippen LogP contribution in [-0.4, -0.2) is 59.6 Å². The van der Waals surface area contributed by atoms with Crippen molar-refractivity contribution in [2.75, 3.05) is 49.0 Å². The van der Waals surface area contributed by atoms with Crippen molar-refractivity contribution in [3.05, 3.63) is 113 Å². The fraction of sp³-hybridized carbons (Fsp3) is 0.275. The lowest BCUT2D eigenvalue weighted by Crippen LogP contribution is -2.29. The Balaban J connectivity index is 1.37. The molecule has 10 nitrogen and oxygen atoms in total. The Kier molecular flexibility index (Phi) is 11.9. The molecule has 1 aliphatic heterocycles. The molecule has 266 valence electrons. The summed E-state index contributed by atoms with van der Waals surface area (Å²) in [5.41, 5.74) is 5.44. The van der Waals surface area contributed by atoms with Crippen LogP contribution in [0, 0.1) is 0 Å². The Morgan fingerprint density at radius 3 is 2.31 bits per heavy atom. The van der Waals surface area contributed by atoms with E-state index in [1.54, 1.807) is 6.07 Å². The molecule has 11 heteroatoms. The van der Waals surface area contributed by atoms with E-state index in [9.17, 15) is 18.0 Å². The van der Waals surface area contributed by atoms with Crippen molar-refractivity contribution in [1.82, 2.24) is 9.89 Å². The number of sulfonamides is 1. The molecule has 0 radical (unpaired) electrons. The number of hydrogen-bond donors (Lipinski definition) is 2. The third-order valence-electron chi connectivity index (χ3n) is 8.83. The van der Waals surface area contributed by atoms with E-state index in [1.807, 2.05) is 18.2 Å². The smallest absolute Gasteiger partial charge is 0.338 e. The summed E-state index contributed by atoms with van der Waals surface area (Å²) in [5.74, 6) is -0.0623. The predicted molar refractivity (Wildman–Crippen MR) is 205 cm³/mol. The minimum atomic E-state index is -3.64. The molecular formula is C40H45N4O6S+. The second-order valence-electron chi connectivity index (χ2n) is 11.9. The molecule has 1 heterocycles. The van der Waals surface area contributed by atoms with Crippen molar-refractivity contribution >= 4 is 44.2 Å². The lowest BCUT2D eigenvalue weighted by molar-refractivity contribution is 0.0502. The maximum absolute atomic E-state index is 13.6. The molecule has 0 bridgehead atoms. The van der Waals surface area contributed by atoms with Gasteiger partial charge in [0.05, 0.1) is 18.2 Å². The van der Waals surface area contributed by atoms with Gasteiger partial charge >= 0.3 is 5.97 Å². The molecule has 2 N–H and O–H groups in total. The summed E-state index contributed by atoms with van der Waals surface area (Å²) in [6.07, 6.45) is 0.398. The number of nitrogens with zero attached hydrogens (tertiary/aromatic N) is 2. The number of esters is 1. The van der Waals surface area contributed by atoms with Crippen LogP contribution in [0.4, 0.5) is 11.4 Å². The van der Waals surface area contributed by atoms with Crippen LogP contribution in [0.25, 0.3) is 33.4 Å². The first-order valence-corrected chi connectivity index (χ1v) is 18.8. The van der Waals surface area contributed by atoms with Crippen LogP contribution in [0.15, 0.2) is 101 Å². The van der Waals surface area contributed by atoms with Crippen LogP contribution in [0.1, 0.15) is 54.8 Å². The van der Waals surface area contributed by atoms with Crippen molar-refractivity contribution in [3.63, 3.8) is 0 Å². The number of nitrogens with one attached hydrogen (secondary N) is 2. The minimum Gasteiger partial charge on any atom is -0.462 e. The summed E-state index contributed by atoms with van der Waals surface area (Å²) in [7, 11) is -3.64. The highest BCUT2D eigenvalue weighted by Crippen LogP contribution is 2.42. The molecule has 3 aromatic rings. The molecule has 0 saturated carbocycles. The van der Waals surface area contributed by atoms with Gasteiger partial charge in [-0.05, 0) is 88.2 Å². The number of ether oxygens (including phenoxy) is 1. The molecule has 0 saturated heterocycles. The highest BCUT2D eigenvalue weighted by molar-refractivity contribution is 7.95. The fourth-order valence-corrected chi connectivity index (χ4v) is 6.67. The van der Waals surface area contributed by atoms with Crippen LogP contribution in [-0.2, 0) is 14.8 Å². The molecule has 0 aromatic heterocycles. The van der Waals surface area contributed by atoms with Gasteiger partial charge in [0.2, 0.25) is 5.36 Å². The van der Waals surface area contributed by atoms with E-state index in [1.165, 1.54) is 24.3 Å². The molecule has 3 aromatic carbocycles. The highest BCUT2D eigenvalue weighted by atomic mass is 32.2. The van der Waals surface area contributed by atoms with Gasteiger partial charge in [0.15, 0.2) is 0 Å². The topological polar surface area (TPSA) is 121 Å². The minimum absolute atomic E-state index is 0.0990. The molecule has 0 spiro atoms. The van der Waals surface area contributed by atoms with Gasteiger partial charge in [-0.3, -0.25) is 9.52 Å². The van der Waals surface area contributed by atoms with Crippen molar-refractivity contribution in [1.29, 1.82) is 0 Å². The zero-order valence-electron chi connectivity index (χ0n) is 29.6. The van der Waals surface area contributed by atoms with Crippen LogP contribution < -0.4 is 24.9 Å². The maximum Gasteiger partial charge on any atom is 0.338 e. The molecule has 0 unspecified atom stereocenters. The quantitative estimate of drug-likeness (QED) is 0.0536. The van der Waals surface area contributed by atoms with E-state index in [-0.39, 0.29) is 19.1 Å². The average molecular weight is 710 g/mol. The first-order chi connectivity index (χ1) is 24.6. The summed E-state index contributed by atoms with van der Waals surface area (Å²) < 4.78 is 40.3. The van der Waals surface area contributed by atoms with Crippen molar-refractivity contribution in [2.45, 2.75) is 34.1 Å². The number of amides is 1. The van der Waals surface area contributed by atoms with E-state index in [4.69, 9.17) is 9.15 Å². The van der Waals surface area contributed by atoms with Gasteiger partial charge in [0.25, 0.3) is 15.9 Å². The predicted octanol–water partition coefficient (Wildman–Crippen LogP) is 6.72. The number of carbonyl (C=O) groups is 2. The third kappa shape index (κ3) is 8.49. The Labute approximate surface area is 299 Å². The molecular weight excluding hydrogens is 665 g/mol. The molecule has 2 aliphatic rings. The van der Waals surface area contributed by atoms with Crippen molar-refractivity contribution in [3.8, 4) is 22.5 Å². The van der Waals surface area contributed by atoms with Gasteiger partial charge in [-0.25, -0.2) is 17.8 Å².